The molecule has 3 nitrogen and oxygen atoms in total. The summed E-state index contributed by atoms with van der Waals surface area (Å²) in [4.78, 5) is 32.0. The van der Waals surface area contributed by atoms with Crippen LogP contribution in [0.1, 0.15) is 54.1 Å². The van der Waals surface area contributed by atoms with Gasteiger partial charge in [0.25, 0.3) is 0 Å². The molecule has 6 rings (SSSR count). The van der Waals surface area contributed by atoms with Gasteiger partial charge >= 0.3 is 0 Å². The summed E-state index contributed by atoms with van der Waals surface area (Å²) in [6, 6.07) is 26.3. The van der Waals surface area contributed by atoms with E-state index in [1.165, 1.54) is 0 Å². The largest absolute Gasteiger partial charge is 0.294 e. The molecule has 1 heterocycles. The minimum Gasteiger partial charge on any atom is -0.294 e. The van der Waals surface area contributed by atoms with Gasteiger partial charge < -0.3 is 0 Å². The molecule has 0 bridgehead atoms. The number of Topliss-reactive ketones (excluding diaryl/α,β-unsaturated/α-hetero) is 2. The van der Waals surface area contributed by atoms with E-state index in [-0.39, 0.29) is 22.9 Å². The lowest BCUT2D eigenvalue weighted by molar-refractivity contribution is -0.118. The van der Waals surface area contributed by atoms with Crippen LogP contribution in [-0.4, -0.2) is 17.3 Å². The Bertz CT molecular complexity index is 1360. The quantitative estimate of drug-likeness (QED) is 0.472. The third-order valence-corrected chi connectivity index (χ3v) is 7.22. The molecule has 1 aliphatic heterocycles. The number of fused-ring (bicyclic) bond motifs is 3. The van der Waals surface area contributed by atoms with Crippen molar-refractivity contribution in [2.24, 2.45) is 16.3 Å². The lowest BCUT2D eigenvalue weighted by Crippen LogP contribution is -2.37. The second-order valence-corrected chi connectivity index (χ2v) is 10.2. The Kier molecular flexibility index (Phi) is 4.38. The summed E-state index contributed by atoms with van der Waals surface area (Å²) in [5.74, 6) is -0.523. The molecule has 3 aromatic rings. The first kappa shape index (κ1) is 20.0. The van der Waals surface area contributed by atoms with Gasteiger partial charge in [-0.15, -0.1) is 0 Å². The van der Waals surface area contributed by atoms with Crippen LogP contribution in [0, 0.1) is 11.3 Å². The Morgan fingerprint density at radius 2 is 1.36 bits per heavy atom. The van der Waals surface area contributed by atoms with Crippen molar-refractivity contribution in [3.05, 3.63) is 107 Å². The second kappa shape index (κ2) is 7.21. The summed E-state index contributed by atoms with van der Waals surface area (Å²) in [5, 5.41) is 0. The first-order valence-corrected chi connectivity index (χ1v) is 11.6. The van der Waals surface area contributed by atoms with Crippen molar-refractivity contribution in [1.82, 2.24) is 0 Å². The summed E-state index contributed by atoms with van der Waals surface area (Å²) in [6.07, 6.45) is 1.24. The van der Waals surface area contributed by atoms with Crippen LogP contribution in [0.15, 0.2) is 95.1 Å². The highest BCUT2D eigenvalue weighted by Gasteiger charge is 2.50. The highest BCUT2D eigenvalue weighted by Crippen LogP contribution is 2.51. The molecule has 3 heteroatoms. The van der Waals surface area contributed by atoms with Gasteiger partial charge in [0.1, 0.15) is 0 Å². The molecular formula is C30H25NO2. The topological polar surface area (TPSA) is 46.5 Å². The molecule has 2 aliphatic carbocycles. The fraction of sp³-hybridized carbons (Fsp3) is 0.233. The molecule has 3 aromatic carbocycles. The second-order valence-electron chi connectivity index (χ2n) is 10.2. The Balaban J connectivity index is 1.52. The maximum atomic E-state index is 13.6. The molecule has 33 heavy (non-hydrogen) atoms. The lowest BCUT2D eigenvalue weighted by Gasteiger charge is -2.38. The molecule has 0 saturated heterocycles. The Morgan fingerprint density at radius 1 is 0.727 bits per heavy atom. The van der Waals surface area contributed by atoms with Crippen LogP contribution in [0.2, 0.25) is 0 Å². The normalized spacial score (nSPS) is 23.0. The van der Waals surface area contributed by atoms with Gasteiger partial charge in [-0.2, -0.15) is 0 Å². The molecule has 0 spiro atoms. The Morgan fingerprint density at radius 3 is 2.09 bits per heavy atom. The first-order valence-electron chi connectivity index (χ1n) is 11.6. The van der Waals surface area contributed by atoms with Gasteiger partial charge in [0, 0.05) is 34.7 Å². The van der Waals surface area contributed by atoms with Crippen molar-refractivity contribution in [3.63, 3.8) is 0 Å². The highest BCUT2D eigenvalue weighted by atomic mass is 16.1. The van der Waals surface area contributed by atoms with E-state index in [9.17, 15) is 9.59 Å². The van der Waals surface area contributed by atoms with E-state index in [0.29, 0.717) is 6.42 Å². The van der Waals surface area contributed by atoms with E-state index in [4.69, 9.17) is 4.99 Å². The van der Waals surface area contributed by atoms with Gasteiger partial charge in [-0.05, 0) is 28.5 Å². The van der Waals surface area contributed by atoms with Crippen LogP contribution in [0.25, 0.3) is 11.1 Å². The zero-order valence-electron chi connectivity index (χ0n) is 18.8. The number of aliphatic imine (C=N–C) groups is 1. The summed E-state index contributed by atoms with van der Waals surface area (Å²) < 4.78 is 0. The molecule has 2 atom stereocenters. The number of hydrogen-bond donors (Lipinski definition) is 0. The maximum absolute atomic E-state index is 13.6. The Labute approximate surface area is 193 Å². The number of carbonyl (C=O) groups excluding carboxylic acids is 2. The van der Waals surface area contributed by atoms with Crippen LogP contribution in [0.3, 0.4) is 0 Å². The van der Waals surface area contributed by atoms with Crippen LogP contribution >= 0.6 is 0 Å². The highest BCUT2D eigenvalue weighted by molar-refractivity contribution is 6.30. The number of nitrogens with zero attached hydrogens (tertiary/aromatic N) is 1. The fourth-order valence-corrected chi connectivity index (χ4v) is 5.76. The number of carbonyl (C=O) groups is 2. The molecule has 0 amide bonds. The summed E-state index contributed by atoms with van der Waals surface area (Å²) in [5.41, 5.74) is 7.23. The fourth-order valence-electron chi connectivity index (χ4n) is 5.76. The summed E-state index contributed by atoms with van der Waals surface area (Å²) >= 11 is 0. The summed E-state index contributed by atoms with van der Waals surface area (Å²) in [6.45, 7) is 4.25. The van der Waals surface area contributed by atoms with Crippen molar-refractivity contribution in [1.29, 1.82) is 0 Å². The summed E-state index contributed by atoms with van der Waals surface area (Å²) in [7, 11) is 0. The minimum absolute atomic E-state index is 0.0747. The molecular weight excluding hydrogens is 406 g/mol. The van der Waals surface area contributed by atoms with Gasteiger partial charge in [0.2, 0.25) is 0 Å². The third-order valence-electron chi connectivity index (χ3n) is 7.22. The van der Waals surface area contributed by atoms with E-state index in [0.717, 1.165) is 51.2 Å². The molecule has 0 N–H and O–H groups in total. The van der Waals surface area contributed by atoms with Crippen molar-refractivity contribution in [3.8, 4) is 11.1 Å². The average molecular weight is 432 g/mol. The van der Waals surface area contributed by atoms with Crippen LogP contribution in [0.5, 0.6) is 0 Å². The minimum atomic E-state index is -0.436. The standard InChI is InChI=1S/C30H25NO2/c1-30(2)16-23-26(24(32)17-30)25(20-14-12-19(13-15-20)18-8-4-3-5-9-18)27-28(31-23)21-10-6-7-11-22(21)29(27)33/h3-15,25,27H,16-17H2,1-2H3/t25-,27-/m1/s1. The third kappa shape index (κ3) is 3.14. The van der Waals surface area contributed by atoms with Gasteiger partial charge in [-0.25, -0.2) is 0 Å². The van der Waals surface area contributed by atoms with Crippen molar-refractivity contribution < 1.29 is 9.59 Å². The van der Waals surface area contributed by atoms with Crippen molar-refractivity contribution >= 4 is 17.3 Å². The first-order chi connectivity index (χ1) is 15.9. The molecule has 0 radical (unpaired) electrons. The molecule has 0 aromatic heterocycles. The number of hydrogen-bond acceptors (Lipinski definition) is 3. The molecule has 0 saturated carbocycles. The number of allylic oxidation sites excluding steroid dienone is 2. The van der Waals surface area contributed by atoms with Gasteiger partial charge in [-0.3, -0.25) is 14.6 Å². The van der Waals surface area contributed by atoms with E-state index < -0.39 is 5.92 Å². The number of benzene rings is 3. The molecule has 0 fully saturated rings. The van der Waals surface area contributed by atoms with Crippen molar-refractivity contribution in [2.45, 2.75) is 32.6 Å². The van der Waals surface area contributed by atoms with E-state index in [1.54, 1.807) is 0 Å². The SMILES string of the molecule is CC1(C)CC(=O)C2=C(C1)N=C1c3ccccc3C(=O)[C@@H]1[C@@H]2c1ccc(-c2ccccc2)cc1. The lowest BCUT2D eigenvalue weighted by atomic mass is 9.66. The zero-order valence-corrected chi connectivity index (χ0v) is 18.8. The zero-order chi connectivity index (χ0) is 22.7. The maximum Gasteiger partial charge on any atom is 0.173 e. The van der Waals surface area contributed by atoms with Crippen molar-refractivity contribution in [2.75, 3.05) is 0 Å². The Hall–Kier alpha value is -3.59. The van der Waals surface area contributed by atoms with E-state index in [2.05, 4.69) is 50.2 Å². The van der Waals surface area contributed by atoms with Gasteiger partial charge in [0.05, 0.1) is 11.6 Å². The number of rotatable bonds is 2. The molecule has 162 valence electrons. The monoisotopic (exact) mass is 431 g/mol. The smallest absolute Gasteiger partial charge is 0.173 e. The van der Waals surface area contributed by atoms with Crippen LogP contribution in [0.4, 0.5) is 0 Å². The van der Waals surface area contributed by atoms with Crippen LogP contribution in [-0.2, 0) is 4.79 Å². The van der Waals surface area contributed by atoms with E-state index in [1.807, 2.05) is 42.5 Å². The molecule has 0 unspecified atom stereocenters. The van der Waals surface area contributed by atoms with E-state index >= 15 is 0 Å². The van der Waals surface area contributed by atoms with Gasteiger partial charge in [0.15, 0.2) is 11.6 Å². The van der Waals surface area contributed by atoms with Gasteiger partial charge in [-0.1, -0.05) is 92.7 Å². The predicted molar refractivity (Wildman–Crippen MR) is 130 cm³/mol. The predicted octanol–water partition coefficient (Wildman–Crippen LogP) is 6.40. The van der Waals surface area contributed by atoms with Crippen LogP contribution < -0.4 is 0 Å². The number of ketones is 2. The molecule has 3 aliphatic rings. The average Bonchev–Trinajstić information content (AvgIpc) is 3.10.